The lowest BCUT2D eigenvalue weighted by molar-refractivity contribution is -0.150. The second kappa shape index (κ2) is 5.86. The lowest BCUT2D eigenvalue weighted by Gasteiger charge is -2.10. The van der Waals surface area contributed by atoms with E-state index in [4.69, 9.17) is 0 Å². The Balaban J connectivity index is 2.66. The molecule has 1 aromatic carbocycles. The summed E-state index contributed by atoms with van der Waals surface area (Å²) in [5.41, 5.74) is -0.333. The molecule has 0 aliphatic rings. The van der Waals surface area contributed by atoms with Crippen molar-refractivity contribution in [2.45, 2.75) is 25.1 Å². The van der Waals surface area contributed by atoms with Crippen LogP contribution in [-0.2, 0) is 22.1 Å². The summed E-state index contributed by atoms with van der Waals surface area (Å²) >= 11 is 0. The number of hydrogen-bond donors (Lipinski definition) is 1. The molecule has 1 aromatic rings. The Hall–Kier alpha value is -1.56. The number of carbonyl (C=O) groups is 1. The number of esters is 1. The highest BCUT2D eigenvalue weighted by atomic mass is 19.4. The van der Waals surface area contributed by atoms with Crippen LogP contribution in [0.1, 0.15) is 17.5 Å². The number of aliphatic hydroxyl groups is 1. The van der Waals surface area contributed by atoms with Gasteiger partial charge in [-0.15, -0.1) is 0 Å². The van der Waals surface area contributed by atoms with Crippen molar-refractivity contribution >= 4 is 5.97 Å². The molecule has 0 aliphatic heterocycles. The topological polar surface area (TPSA) is 46.5 Å². The van der Waals surface area contributed by atoms with Crippen molar-refractivity contribution < 1.29 is 27.8 Å². The first-order chi connectivity index (χ1) is 8.34. The van der Waals surface area contributed by atoms with Gasteiger partial charge in [-0.2, -0.15) is 13.2 Å². The highest BCUT2D eigenvalue weighted by Crippen LogP contribution is 2.29. The Morgan fingerprint density at radius 3 is 2.67 bits per heavy atom. The van der Waals surface area contributed by atoms with Crippen molar-refractivity contribution in [2.24, 2.45) is 0 Å². The van der Waals surface area contributed by atoms with Gasteiger partial charge in [0.2, 0.25) is 0 Å². The number of rotatable bonds is 4. The van der Waals surface area contributed by atoms with Gasteiger partial charge in [-0.3, -0.25) is 0 Å². The molecule has 0 aromatic heterocycles. The van der Waals surface area contributed by atoms with Crippen LogP contribution in [0.2, 0.25) is 0 Å². The van der Waals surface area contributed by atoms with Crippen molar-refractivity contribution in [1.82, 2.24) is 0 Å². The van der Waals surface area contributed by atoms with Gasteiger partial charge in [-0.05, 0) is 24.5 Å². The fourth-order valence-electron chi connectivity index (χ4n) is 1.46. The van der Waals surface area contributed by atoms with Gasteiger partial charge in [0.05, 0.1) is 12.7 Å². The number of ether oxygens (including phenoxy) is 1. The van der Waals surface area contributed by atoms with Crippen LogP contribution in [0, 0.1) is 0 Å². The van der Waals surface area contributed by atoms with Crippen LogP contribution < -0.4 is 0 Å². The molecule has 0 saturated heterocycles. The summed E-state index contributed by atoms with van der Waals surface area (Å²) in [6.07, 6.45) is -5.52. The van der Waals surface area contributed by atoms with Gasteiger partial charge < -0.3 is 9.84 Å². The Bertz CT molecular complexity index is 415. The predicted octanol–water partition coefficient (Wildman–Crippen LogP) is 2.17. The van der Waals surface area contributed by atoms with E-state index in [1.54, 1.807) is 0 Å². The van der Waals surface area contributed by atoms with E-state index in [0.717, 1.165) is 19.2 Å². The van der Waals surface area contributed by atoms with Gasteiger partial charge in [0.15, 0.2) is 6.10 Å². The maximum Gasteiger partial charge on any atom is 0.416 e. The highest BCUT2D eigenvalue weighted by molar-refractivity contribution is 5.74. The van der Waals surface area contributed by atoms with E-state index in [2.05, 4.69) is 4.74 Å². The maximum atomic E-state index is 12.4. The molecule has 0 amide bonds. The maximum absolute atomic E-state index is 12.4. The molecule has 3 nitrogen and oxygen atoms in total. The van der Waals surface area contributed by atoms with Crippen LogP contribution in [0.4, 0.5) is 13.2 Å². The molecule has 0 saturated carbocycles. The molecule has 0 heterocycles. The van der Waals surface area contributed by atoms with Crippen LogP contribution >= 0.6 is 0 Å². The molecule has 0 fully saturated rings. The number of halogens is 3. The lowest BCUT2D eigenvalue weighted by atomic mass is 10.0. The zero-order chi connectivity index (χ0) is 13.8. The minimum atomic E-state index is -4.39. The first kappa shape index (κ1) is 14.5. The average molecular weight is 262 g/mol. The van der Waals surface area contributed by atoms with E-state index in [9.17, 15) is 23.1 Å². The molecule has 1 atom stereocenters. The van der Waals surface area contributed by atoms with Crippen LogP contribution in [0.3, 0.4) is 0 Å². The molecule has 100 valence electrons. The van der Waals surface area contributed by atoms with Crippen LogP contribution in [0.15, 0.2) is 24.3 Å². The first-order valence-electron chi connectivity index (χ1n) is 5.26. The largest absolute Gasteiger partial charge is 0.467 e. The molecule has 18 heavy (non-hydrogen) atoms. The highest BCUT2D eigenvalue weighted by Gasteiger charge is 2.30. The molecule has 1 N–H and O–H groups in total. The SMILES string of the molecule is COC(=O)C(O)CCc1cccc(C(F)(F)F)c1. The molecule has 1 unspecified atom stereocenters. The van der Waals surface area contributed by atoms with Crippen molar-refractivity contribution in [2.75, 3.05) is 7.11 Å². The Kier molecular flexibility index (Phi) is 4.72. The monoisotopic (exact) mass is 262 g/mol. The van der Waals surface area contributed by atoms with E-state index in [0.29, 0.717) is 5.56 Å². The summed E-state index contributed by atoms with van der Waals surface area (Å²) in [4.78, 5) is 10.9. The molecular formula is C12H13F3O3. The van der Waals surface area contributed by atoms with Gasteiger partial charge in [0.1, 0.15) is 0 Å². The van der Waals surface area contributed by atoms with E-state index in [1.165, 1.54) is 12.1 Å². The molecular weight excluding hydrogens is 249 g/mol. The summed E-state index contributed by atoms with van der Waals surface area (Å²) < 4.78 is 41.6. The fourth-order valence-corrected chi connectivity index (χ4v) is 1.46. The second-order valence-corrected chi connectivity index (χ2v) is 3.78. The summed E-state index contributed by atoms with van der Waals surface area (Å²) in [7, 11) is 1.13. The number of benzene rings is 1. The van der Waals surface area contributed by atoms with Crippen molar-refractivity contribution in [3.8, 4) is 0 Å². The van der Waals surface area contributed by atoms with E-state index in [1.807, 2.05) is 0 Å². The van der Waals surface area contributed by atoms with Gasteiger partial charge >= 0.3 is 12.1 Å². The molecule has 6 heteroatoms. The summed E-state index contributed by atoms with van der Waals surface area (Å²) in [6, 6.07) is 4.78. The molecule has 0 spiro atoms. The lowest BCUT2D eigenvalue weighted by Crippen LogP contribution is -2.22. The zero-order valence-corrected chi connectivity index (χ0v) is 9.70. The third-order valence-electron chi connectivity index (χ3n) is 2.43. The number of methoxy groups -OCH3 is 1. The number of alkyl halides is 3. The second-order valence-electron chi connectivity index (χ2n) is 3.78. The van der Waals surface area contributed by atoms with Gasteiger partial charge in [0, 0.05) is 0 Å². The van der Waals surface area contributed by atoms with Gasteiger partial charge in [0.25, 0.3) is 0 Å². The van der Waals surface area contributed by atoms with Crippen LogP contribution in [0.25, 0.3) is 0 Å². The van der Waals surface area contributed by atoms with Gasteiger partial charge in [-0.25, -0.2) is 4.79 Å². The minimum absolute atomic E-state index is 0.0218. The molecule has 0 bridgehead atoms. The number of hydrogen-bond acceptors (Lipinski definition) is 3. The number of carbonyl (C=O) groups excluding carboxylic acids is 1. The quantitative estimate of drug-likeness (QED) is 0.846. The standard InChI is InChI=1S/C12H13F3O3/c1-18-11(17)10(16)6-5-8-3-2-4-9(7-8)12(13,14)15/h2-4,7,10,16H,5-6H2,1H3. The average Bonchev–Trinajstić information content (AvgIpc) is 2.34. The Morgan fingerprint density at radius 2 is 2.11 bits per heavy atom. The van der Waals surface area contributed by atoms with E-state index in [-0.39, 0.29) is 12.8 Å². The van der Waals surface area contributed by atoms with Crippen LogP contribution in [-0.4, -0.2) is 24.3 Å². The third kappa shape index (κ3) is 4.03. The van der Waals surface area contributed by atoms with Crippen molar-refractivity contribution in [1.29, 1.82) is 0 Å². The summed E-state index contributed by atoms with van der Waals surface area (Å²) in [5, 5.41) is 9.31. The van der Waals surface area contributed by atoms with Crippen LogP contribution in [0.5, 0.6) is 0 Å². The molecule has 0 aliphatic carbocycles. The van der Waals surface area contributed by atoms with Gasteiger partial charge in [-0.1, -0.05) is 18.2 Å². The fraction of sp³-hybridized carbons (Fsp3) is 0.417. The first-order valence-corrected chi connectivity index (χ1v) is 5.26. The zero-order valence-electron chi connectivity index (χ0n) is 9.70. The van der Waals surface area contributed by atoms with E-state index >= 15 is 0 Å². The minimum Gasteiger partial charge on any atom is -0.467 e. The number of aryl methyl sites for hydroxylation is 1. The normalized spacial score (nSPS) is 13.2. The Labute approximate surface area is 102 Å². The van der Waals surface area contributed by atoms with E-state index < -0.39 is 23.8 Å². The number of aliphatic hydroxyl groups excluding tert-OH is 1. The molecule has 1 rings (SSSR count). The summed E-state index contributed by atoms with van der Waals surface area (Å²) in [5.74, 6) is -0.790. The summed E-state index contributed by atoms with van der Waals surface area (Å²) in [6.45, 7) is 0. The molecule has 0 radical (unpaired) electrons. The van der Waals surface area contributed by atoms with Crippen molar-refractivity contribution in [3.05, 3.63) is 35.4 Å². The third-order valence-corrected chi connectivity index (χ3v) is 2.43. The predicted molar refractivity (Wildman–Crippen MR) is 57.8 cm³/mol. The van der Waals surface area contributed by atoms with Crippen molar-refractivity contribution in [3.63, 3.8) is 0 Å². The smallest absolute Gasteiger partial charge is 0.416 e. The Morgan fingerprint density at radius 1 is 1.44 bits per heavy atom.